The summed E-state index contributed by atoms with van der Waals surface area (Å²) in [6.45, 7) is 2.27. The van der Waals surface area contributed by atoms with Crippen molar-refractivity contribution in [3.05, 3.63) is 23.2 Å². The smallest absolute Gasteiger partial charge is 0.184 e. The van der Waals surface area contributed by atoms with E-state index in [2.05, 4.69) is 15.5 Å². The topological polar surface area (TPSA) is 88.1 Å². The van der Waals surface area contributed by atoms with Crippen molar-refractivity contribution >= 4 is 17.3 Å². The molecule has 106 valence electrons. The van der Waals surface area contributed by atoms with Crippen LogP contribution in [0.25, 0.3) is 11.4 Å². The molecule has 2 N–H and O–H groups in total. The molecule has 0 amide bonds. The Bertz CT molecular complexity index is 597. The van der Waals surface area contributed by atoms with Crippen LogP contribution in [-0.2, 0) is 16.0 Å². The molecule has 1 saturated heterocycles. The quantitative estimate of drug-likeness (QED) is 0.850. The third kappa shape index (κ3) is 2.74. The minimum absolute atomic E-state index is 0.0560. The lowest BCUT2D eigenvalue weighted by Gasteiger charge is -2.22. The van der Waals surface area contributed by atoms with Crippen molar-refractivity contribution in [3.63, 3.8) is 0 Å². The second-order valence-electron chi connectivity index (χ2n) is 4.48. The number of hydrogen-bond donors (Lipinski definition) is 1. The monoisotopic (exact) mass is 295 g/mol. The summed E-state index contributed by atoms with van der Waals surface area (Å²) in [6.07, 6.45) is -0.0560. The second-order valence-corrected chi connectivity index (χ2v) is 4.92. The highest BCUT2D eigenvalue weighted by atomic mass is 35.5. The van der Waals surface area contributed by atoms with Crippen LogP contribution in [0, 0.1) is 0 Å². The van der Waals surface area contributed by atoms with Gasteiger partial charge in [-0.1, -0.05) is 11.6 Å². The highest BCUT2D eigenvalue weighted by Gasteiger charge is 2.19. The molecule has 0 saturated carbocycles. The molecule has 0 radical (unpaired) electrons. The van der Waals surface area contributed by atoms with E-state index in [0.717, 1.165) is 5.56 Å². The fourth-order valence-electron chi connectivity index (χ4n) is 2.09. The molecule has 1 aliphatic heterocycles. The molecule has 2 heterocycles. The summed E-state index contributed by atoms with van der Waals surface area (Å²) >= 11 is 5.90. The fourth-order valence-corrected chi connectivity index (χ4v) is 2.27. The van der Waals surface area contributed by atoms with E-state index in [1.807, 2.05) is 0 Å². The van der Waals surface area contributed by atoms with Crippen LogP contribution in [0.15, 0.2) is 18.2 Å². The van der Waals surface area contributed by atoms with E-state index < -0.39 is 0 Å². The average Bonchev–Trinajstić information content (AvgIpc) is 2.88. The Kier molecular flexibility index (Phi) is 3.81. The molecule has 1 unspecified atom stereocenters. The van der Waals surface area contributed by atoms with Crippen molar-refractivity contribution < 1.29 is 9.47 Å². The van der Waals surface area contributed by atoms with E-state index in [-0.39, 0.29) is 6.10 Å². The van der Waals surface area contributed by atoms with Gasteiger partial charge in [-0.3, -0.25) is 0 Å². The van der Waals surface area contributed by atoms with E-state index in [9.17, 15) is 0 Å². The number of hydrogen-bond acceptors (Lipinski definition) is 6. The van der Waals surface area contributed by atoms with Crippen LogP contribution < -0.4 is 5.73 Å². The molecule has 0 spiro atoms. The van der Waals surface area contributed by atoms with Gasteiger partial charge < -0.3 is 15.2 Å². The zero-order valence-corrected chi connectivity index (χ0v) is 11.5. The number of halogens is 1. The van der Waals surface area contributed by atoms with Crippen LogP contribution in [0.2, 0.25) is 5.02 Å². The van der Waals surface area contributed by atoms with Gasteiger partial charge in [-0.2, -0.15) is 0 Å². The van der Waals surface area contributed by atoms with E-state index >= 15 is 0 Å². The number of benzene rings is 1. The van der Waals surface area contributed by atoms with Gasteiger partial charge in [0.25, 0.3) is 0 Å². The number of nitrogen functional groups attached to an aromatic ring is 1. The molecule has 20 heavy (non-hydrogen) atoms. The number of ether oxygens (including phenoxy) is 2. The third-order valence-corrected chi connectivity index (χ3v) is 3.28. The van der Waals surface area contributed by atoms with Crippen LogP contribution >= 0.6 is 11.6 Å². The number of anilines is 1. The highest BCUT2D eigenvalue weighted by Crippen LogP contribution is 2.26. The van der Waals surface area contributed by atoms with Gasteiger partial charge >= 0.3 is 0 Å². The summed E-state index contributed by atoms with van der Waals surface area (Å²) < 4.78 is 12.6. The maximum absolute atomic E-state index is 5.97. The van der Waals surface area contributed by atoms with E-state index in [1.165, 1.54) is 0 Å². The third-order valence-electron chi connectivity index (χ3n) is 3.05. The van der Waals surface area contributed by atoms with Crippen molar-refractivity contribution in [1.82, 2.24) is 20.2 Å². The van der Waals surface area contributed by atoms with Gasteiger partial charge in [0.2, 0.25) is 0 Å². The molecule has 0 bridgehead atoms. The molecule has 3 rings (SSSR count). The lowest BCUT2D eigenvalue weighted by atomic mass is 10.1. The molecule has 2 aromatic rings. The van der Waals surface area contributed by atoms with Crippen molar-refractivity contribution in [2.75, 3.05) is 25.6 Å². The zero-order chi connectivity index (χ0) is 13.9. The molecule has 1 atom stereocenters. The lowest BCUT2D eigenvalue weighted by molar-refractivity contribution is -0.0946. The van der Waals surface area contributed by atoms with Crippen molar-refractivity contribution in [2.24, 2.45) is 0 Å². The average molecular weight is 296 g/mol. The number of nitrogens with two attached hydrogens (primary N) is 1. The number of rotatable bonds is 3. The maximum Gasteiger partial charge on any atom is 0.184 e. The Morgan fingerprint density at radius 2 is 2.30 bits per heavy atom. The van der Waals surface area contributed by atoms with Crippen LogP contribution in [0.5, 0.6) is 0 Å². The number of nitrogens with zero attached hydrogens (tertiary/aromatic N) is 4. The van der Waals surface area contributed by atoms with Gasteiger partial charge in [-0.05, 0) is 28.6 Å². The molecular weight excluding hydrogens is 282 g/mol. The molecule has 1 aliphatic rings. The Hall–Kier alpha value is -1.70. The van der Waals surface area contributed by atoms with Gasteiger partial charge in [0.1, 0.15) is 6.10 Å². The Balaban J connectivity index is 1.85. The molecule has 1 fully saturated rings. The normalized spacial score (nSPS) is 19.1. The second kappa shape index (κ2) is 5.74. The number of tetrazole rings is 1. The van der Waals surface area contributed by atoms with Crippen molar-refractivity contribution in [3.8, 4) is 11.4 Å². The molecule has 1 aromatic heterocycles. The van der Waals surface area contributed by atoms with Gasteiger partial charge in [-0.15, -0.1) is 5.10 Å². The van der Waals surface area contributed by atoms with E-state index in [1.54, 1.807) is 22.9 Å². The molecular formula is C12H14ClN5O2. The molecule has 8 heteroatoms. The van der Waals surface area contributed by atoms with Gasteiger partial charge in [0, 0.05) is 16.3 Å². The minimum atomic E-state index is -0.0560. The fraction of sp³-hybridized carbons (Fsp3) is 0.417. The SMILES string of the molecule is Nc1cc(Cl)ccc1-c1nnnn1CC1COCCO1. The standard InChI is InChI=1S/C12H14ClN5O2/c13-8-1-2-10(11(14)5-8)12-15-16-17-18(12)6-9-7-19-3-4-20-9/h1-2,5,9H,3-4,6-7,14H2. The first-order chi connectivity index (χ1) is 9.74. The molecule has 0 aliphatic carbocycles. The Morgan fingerprint density at radius 1 is 1.40 bits per heavy atom. The predicted octanol–water partition coefficient (Wildman–Crippen LogP) is 0.991. The van der Waals surface area contributed by atoms with Crippen LogP contribution in [-0.4, -0.2) is 46.1 Å². The number of aromatic nitrogens is 4. The molecule has 1 aromatic carbocycles. The van der Waals surface area contributed by atoms with Gasteiger partial charge in [0.05, 0.1) is 26.4 Å². The molecule has 7 nitrogen and oxygen atoms in total. The summed E-state index contributed by atoms with van der Waals surface area (Å²) in [6, 6.07) is 5.24. The first-order valence-electron chi connectivity index (χ1n) is 6.25. The highest BCUT2D eigenvalue weighted by molar-refractivity contribution is 6.31. The lowest BCUT2D eigenvalue weighted by Crippen LogP contribution is -2.32. The first kappa shape index (κ1) is 13.3. The van der Waals surface area contributed by atoms with Crippen molar-refractivity contribution in [2.45, 2.75) is 12.6 Å². The Morgan fingerprint density at radius 3 is 3.05 bits per heavy atom. The summed E-state index contributed by atoms with van der Waals surface area (Å²) in [4.78, 5) is 0. The summed E-state index contributed by atoms with van der Waals surface area (Å²) in [5.74, 6) is 0.591. The summed E-state index contributed by atoms with van der Waals surface area (Å²) in [5, 5.41) is 12.3. The first-order valence-corrected chi connectivity index (χ1v) is 6.63. The van der Waals surface area contributed by atoms with Gasteiger partial charge in [-0.25, -0.2) is 4.68 Å². The van der Waals surface area contributed by atoms with Crippen molar-refractivity contribution in [1.29, 1.82) is 0 Å². The predicted molar refractivity (Wildman–Crippen MR) is 73.2 cm³/mol. The van der Waals surface area contributed by atoms with Crippen LogP contribution in [0.3, 0.4) is 0 Å². The zero-order valence-electron chi connectivity index (χ0n) is 10.7. The maximum atomic E-state index is 5.97. The van der Waals surface area contributed by atoms with Gasteiger partial charge in [0.15, 0.2) is 5.82 Å². The van der Waals surface area contributed by atoms with E-state index in [4.69, 9.17) is 26.8 Å². The summed E-state index contributed by atoms with van der Waals surface area (Å²) in [5.41, 5.74) is 7.25. The largest absolute Gasteiger partial charge is 0.398 e. The summed E-state index contributed by atoms with van der Waals surface area (Å²) in [7, 11) is 0. The van der Waals surface area contributed by atoms with E-state index in [0.29, 0.717) is 42.9 Å². The van der Waals surface area contributed by atoms with Crippen LogP contribution in [0.1, 0.15) is 0 Å². The minimum Gasteiger partial charge on any atom is -0.398 e. The Labute approximate surface area is 120 Å². The van der Waals surface area contributed by atoms with Crippen LogP contribution in [0.4, 0.5) is 5.69 Å².